The molecule has 0 bridgehead atoms. The van der Waals surface area contributed by atoms with Gasteiger partial charge in [0.25, 0.3) is 5.69 Å². The molecule has 0 amide bonds. The lowest BCUT2D eigenvalue weighted by Crippen LogP contribution is -2.30. The number of carbonyl (C=O) groups is 2. The number of ether oxygens (including phenoxy) is 2. The maximum absolute atomic E-state index is 12.5. The van der Waals surface area contributed by atoms with E-state index in [1.54, 1.807) is 36.4 Å². The average molecular weight is 398 g/mol. The quantitative estimate of drug-likeness (QED) is 0.318. The van der Waals surface area contributed by atoms with Crippen LogP contribution < -0.4 is 9.64 Å². The lowest BCUT2D eigenvalue weighted by atomic mass is 10.1. The van der Waals surface area contributed by atoms with Gasteiger partial charge >= 0.3 is 11.9 Å². The van der Waals surface area contributed by atoms with Crippen LogP contribution in [0.3, 0.4) is 0 Å². The summed E-state index contributed by atoms with van der Waals surface area (Å²) in [6, 6.07) is 10.9. The molecule has 0 unspecified atom stereocenters. The number of anilines is 1. The van der Waals surface area contributed by atoms with Crippen molar-refractivity contribution in [1.82, 2.24) is 0 Å². The summed E-state index contributed by atoms with van der Waals surface area (Å²) in [6.07, 6.45) is 3.22. The largest absolute Gasteiger partial charge is 0.469 e. The van der Waals surface area contributed by atoms with Crippen molar-refractivity contribution in [2.24, 2.45) is 0 Å². The van der Waals surface area contributed by atoms with Crippen molar-refractivity contribution in [2.75, 3.05) is 25.1 Å². The van der Waals surface area contributed by atoms with Crippen molar-refractivity contribution in [3.05, 3.63) is 63.7 Å². The van der Waals surface area contributed by atoms with Gasteiger partial charge in [0.05, 0.1) is 24.0 Å². The standard InChI is InChI=1S/C21H22N2O6/c1-28-20(24)13-15-5-8-17(9-6-15)29-21(25)16-7-10-18(19(14-16)23(26)27)22-11-3-2-4-12-22/h5-10,14H,2-4,11-13H2,1H3. The summed E-state index contributed by atoms with van der Waals surface area (Å²) < 4.78 is 9.92. The van der Waals surface area contributed by atoms with E-state index in [0.717, 1.165) is 37.9 Å². The van der Waals surface area contributed by atoms with Crippen LogP contribution in [0, 0.1) is 10.1 Å². The highest BCUT2D eigenvalue weighted by Crippen LogP contribution is 2.31. The van der Waals surface area contributed by atoms with Crippen LogP contribution in [0.2, 0.25) is 0 Å². The molecule has 0 aromatic heterocycles. The van der Waals surface area contributed by atoms with Gasteiger partial charge in [0.2, 0.25) is 0 Å². The number of benzene rings is 2. The van der Waals surface area contributed by atoms with Crippen LogP contribution >= 0.6 is 0 Å². The number of esters is 2. The minimum atomic E-state index is -0.681. The predicted octanol–water partition coefficient (Wildman–Crippen LogP) is 3.52. The topological polar surface area (TPSA) is 99.0 Å². The highest BCUT2D eigenvalue weighted by atomic mass is 16.6. The summed E-state index contributed by atoms with van der Waals surface area (Å²) in [6.45, 7) is 1.53. The summed E-state index contributed by atoms with van der Waals surface area (Å²) in [7, 11) is 1.31. The van der Waals surface area contributed by atoms with Crippen LogP contribution in [0.5, 0.6) is 5.75 Å². The Morgan fingerprint density at radius 1 is 1.07 bits per heavy atom. The van der Waals surface area contributed by atoms with E-state index >= 15 is 0 Å². The Bertz CT molecular complexity index is 904. The van der Waals surface area contributed by atoms with Gasteiger partial charge < -0.3 is 14.4 Å². The fourth-order valence-corrected chi connectivity index (χ4v) is 3.28. The maximum Gasteiger partial charge on any atom is 0.343 e. The molecule has 0 spiro atoms. The Morgan fingerprint density at radius 2 is 1.76 bits per heavy atom. The number of methoxy groups -OCH3 is 1. The number of piperidine rings is 1. The van der Waals surface area contributed by atoms with Gasteiger partial charge in [-0.25, -0.2) is 4.79 Å². The second-order valence-corrected chi connectivity index (χ2v) is 6.79. The fourth-order valence-electron chi connectivity index (χ4n) is 3.28. The first-order valence-corrected chi connectivity index (χ1v) is 9.39. The number of rotatable bonds is 6. The zero-order valence-electron chi connectivity index (χ0n) is 16.1. The lowest BCUT2D eigenvalue weighted by Gasteiger charge is -2.28. The number of nitro groups is 1. The molecule has 1 aliphatic rings. The first-order valence-electron chi connectivity index (χ1n) is 9.39. The van der Waals surface area contributed by atoms with Gasteiger partial charge in [0, 0.05) is 19.2 Å². The molecular weight excluding hydrogens is 376 g/mol. The van der Waals surface area contributed by atoms with Crippen LogP contribution in [0.15, 0.2) is 42.5 Å². The number of nitro benzene ring substituents is 1. The molecule has 3 rings (SSSR count). The molecule has 0 saturated carbocycles. The molecule has 0 atom stereocenters. The third kappa shape index (κ3) is 5.10. The zero-order valence-corrected chi connectivity index (χ0v) is 16.1. The van der Waals surface area contributed by atoms with E-state index in [1.165, 1.54) is 13.2 Å². The van der Waals surface area contributed by atoms with Gasteiger partial charge in [0.1, 0.15) is 11.4 Å². The second-order valence-electron chi connectivity index (χ2n) is 6.79. The molecule has 0 N–H and O–H groups in total. The van der Waals surface area contributed by atoms with Crippen molar-refractivity contribution >= 4 is 23.3 Å². The van der Waals surface area contributed by atoms with E-state index in [1.807, 2.05) is 4.90 Å². The number of hydrogen-bond acceptors (Lipinski definition) is 7. The number of hydrogen-bond donors (Lipinski definition) is 0. The Kier molecular flexibility index (Phi) is 6.43. The average Bonchev–Trinajstić information content (AvgIpc) is 2.75. The molecule has 0 radical (unpaired) electrons. The Hall–Kier alpha value is -3.42. The first-order chi connectivity index (χ1) is 14.0. The molecule has 1 fully saturated rings. The molecule has 29 heavy (non-hydrogen) atoms. The minimum Gasteiger partial charge on any atom is -0.469 e. The monoisotopic (exact) mass is 398 g/mol. The van der Waals surface area contributed by atoms with E-state index < -0.39 is 10.9 Å². The van der Waals surface area contributed by atoms with E-state index in [9.17, 15) is 19.7 Å². The van der Waals surface area contributed by atoms with Crippen molar-refractivity contribution in [3.8, 4) is 5.75 Å². The van der Waals surface area contributed by atoms with Gasteiger partial charge in [-0.3, -0.25) is 14.9 Å². The third-order valence-corrected chi connectivity index (χ3v) is 4.81. The molecule has 8 nitrogen and oxygen atoms in total. The third-order valence-electron chi connectivity index (χ3n) is 4.81. The van der Waals surface area contributed by atoms with E-state index in [0.29, 0.717) is 5.69 Å². The van der Waals surface area contributed by atoms with Crippen LogP contribution in [0.4, 0.5) is 11.4 Å². The maximum atomic E-state index is 12.5. The Labute approximate surface area is 168 Å². The second kappa shape index (κ2) is 9.18. The van der Waals surface area contributed by atoms with Gasteiger partial charge in [-0.2, -0.15) is 0 Å². The van der Waals surface area contributed by atoms with Crippen molar-refractivity contribution in [3.63, 3.8) is 0 Å². The summed E-state index contributed by atoms with van der Waals surface area (Å²) in [4.78, 5) is 36.8. The molecule has 8 heteroatoms. The summed E-state index contributed by atoms with van der Waals surface area (Å²) in [5, 5.41) is 11.5. The van der Waals surface area contributed by atoms with Crippen LogP contribution in [-0.4, -0.2) is 37.1 Å². The predicted molar refractivity (Wildman–Crippen MR) is 106 cm³/mol. The van der Waals surface area contributed by atoms with Gasteiger partial charge in [-0.05, 0) is 49.1 Å². The van der Waals surface area contributed by atoms with E-state index in [-0.39, 0.29) is 29.4 Å². The van der Waals surface area contributed by atoms with Crippen molar-refractivity contribution < 1.29 is 24.0 Å². The van der Waals surface area contributed by atoms with Crippen LogP contribution in [0.25, 0.3) is 0 Å². The molecular formula is C21H22N2O6. The minimum absolute atomic E-state index is 0.102. The van der Waals surface area contributed by atoms with Crippen LogP contribution in [-0.2, 0) is 16.0 Å². The molecule has 2 aromatic carbocycles. The normalized spacial score (nSPS) is 13.6. The lowest BCUT2D eigenvalue weighted by molar-refractivity contribution is -0.384. The van der Waals surface area contributed by atoms with Gasteiger partial charge in [-0.15, -0.1) is 0 Å². The number of carbonyl (C=O) groups excluding carboxylic acids is 2. The molecule has 0 aliphatic carbocycles. The highest BCUT2D eigenvalue weighted by molar-refractivity contribution is 5.93. The fraction of sp³-hybridized carbons (Fsp3) is 0.333. The Morgan fingerprint density at radius 3 is 2.38 bits per heavy atom. The highest BCUT2D eigenvalue weighted by Gasteiger charge is 2.23. The molecule has 2 aromatic rings. The zero-order chi connectivity index (χ0) is 20.8. The van der Waals surface area contributed by atoms with Crippen LogP contribution in [0.1, 0.15) is 35.2 Å². The van der Waals surface area contributed by atoms with E-state index in [4.69, 9.17) is 4.74 Å². The van der Waals surface area contributed by atoms with E-state index in [2.05, 4.69) is 4.74 Å². The van der Waals surface area contributed by atoms with Crippen molar-refractivity contribution in [2.45, 2.75) is 25.7 Å². The molecule has 152 valence electrons. The van der Waals surface area contributed by atoms with Gasteiger partial charge in [-0.1, -0.05) is 12.1 Å². The molecule has 1 heterocycles. The summed E-state index contributed by atoms with van der Waals surface area (Å²) in [5.41, 5.74) is 1.25. The van der Waals surface area contributed by atoms with Crippen molar-refractivity contribution in [1.29, 1.82) is 0 Å². The molecule has 1 saturated heterocycles. The summed E-state index contributed by atoms with van der Waals surface area (Å²) >= 11 is 0. The SMILES string of the molecule is COC(=O)Cc1ccc(OC(=O)c2ccc(N3CCCCC3)c([N+](=O)[O-])c2)cc1. The van der Waals surface area contributed by atoms with Gasteiger partial charge in [0.15, 0.2) is 0 Å². The smallest absolute Gasteiger partial charge is 0.343 e. The summed E-state index contributed by atoms with van der Waals surface area (Å²) in [5.74, 6) is -0.763. The Balaban J connectivity index is 1.74. The number of nitrogens with zero attached hydrogens (tertiary/aromatic N) is 2. The first kappa shape index (κ1) is 20.3. The molecule has 1 aliphatic heterocycles.